The van der Waals surface area contributed by atoms with Gasteiger partial charge in [-0.2, -0.15) is 0 Å². The van der Waals surface area contributed by atoms with Gasteiger partial charge in [0.25, 0.3) is 5.91 Å². The highest BCUT2D eigenvalue weighted by Crippen LogP contribution is 2.24. The van der Waals surface area contributed by atoms with Gasteiger partial charge in [0.2, 0.25) is 0 Å². The highest BCUT2D eigenvalue weighted by atomic mass is 32.2. The number of hydrogen-bond donors (Lipinski definition) is 0. The summed E-state index contributed by atoms with van der Waals surface area (Å²) in [5, 5.41) is 3.35. The first-order valence-electron chi connectivity index (χ1n) is 7.90. The van der Waals surface area contributed by atoms with E-state index in [0.29, 0.717) is 5.76 Å². The molecule has 128 valence electrons. The molecule has 0 unspecified atom stereocenters. The van der Waals surface area contributed by atoms with Crippen molar-refractivity contribution in [2.24, 2.45) is 5.92 Å². The lowest BCUT2D eigenvalue weighted by molar-refractivity contribution is 0.0648. The Balaban J connectivity index is 1.64. The van der Waals surface area contributed by atoms with E-state index >= 15 is 0 Å². The van der Waals surface area contributed by atoms with Gasteiger partial charge in [-0.1, -0.05) is 49.3 Å². The Hall–Kier alpha value is -2.15. The minimum absolute atomic E-state index is 0.0868. The summed E-state index contributed by atoms with van der Waals surface area (Å²) in [4.78, 5) is 13.9. The summed E-state index contributed by atoms with van der Waals surface area (Å²) >= 11 is 0. The minimum atomic E-state index is -3.15. The van der Waals surface area contributed by atoms with E-state index in [1.54, 1.807) is 6.07 Å². The third kappa shape index (κ3) is 3.36. The van der Waals surface area contributed by atoms with Gasteiger partial charge in [0.1, 0.15) is 0 Å². The van der Waals surface area contributed by atoms with Crippen LogP contribution in [0.1, 0.15) is 24.3 Å². The number of likely N-dealkylation sites (tertiary alicyclic amines) is 1. The first kappa shape index (κ1) is 16.7. The molecule has 0 radical (unpaired) electrons. The van der Waals surface area contributed by atoms with Gasteiger partial charge in [0.05, 0.1) is 11.0 Å². The number of rotatable bonds is 5. The van der Waals surface area contributed by atoms with Crippen LogP contribution in [0.15, 0.2) is 40.9 Å². The van der Waals surface area contributed by atoms with Gasteiger partial charge in [-0.3, -0.25) is 4.79 Å². The van der Waals surface area contributed by atoms with Crippen molar-refractivity contribution in [2.45, 2.75) is 19.1 Å². The third-order valence-electron chi connectivity index (χ3n) is 4.00. The molecule has 2 aromatic rings. The number of sulfone groups is 1. The molecule has 1 amide bonds. The lowest BCUT2D eigenvalue weighted by Crippen LogP contribution is -2.57. The van der Waals surface area contributed by atoms with E-state index in [4.69, 9.17) is 4.52 Å². The second kappa shape index (κ2) is 6.39. The second-order valence-electron chi connectivity index (χ2n) is 6.50. The fraction of sp³-hybridized carbons (Fsp3) is 0.412. The van der Waals surface area contributed by atoms with Gasteiger partial charge in [-0.05, 0) is 5.92 Å². The monoisotopic (exact) mass is 348 g/mol. The molecule has 0 aliphatic carbocycles. The lowest BCUT2D eigenvalue weighted by Gasteiger charge is -2.38. The molecule has 24 heavy (non-hydrogen) atoms. The zero-order valence-electron chi connectivity index (χ0n) is 13.7. The molecule has 3 rings (SSSR count). The Morgan fingerprint density at radius 3 is 2.58 bits per heavy atom. The molecule has 0 atom stereocenters. The maximum atomic E-state index is 12.4. The molecule has 6 nitrogen and oxygen atoms in total. The summed E-state index contributed by atoms with van der Waals surface area (Å²) in [6, 6.07) is 11.0. The van der Waals surface area contributed by atoms with Crippen LogP contribution in [0.4, 0.5) is 0 Å². The Bertz CT molecular complexity index is 821. The number of nitrogens with zero attached hydrogens (tertiary/aromatic N) is 2. The number of benzene rings is 1. The van der Waals surface area contributed by atoms with Crippen molar-refractivity contribution in [1.29, 1.82) is 0 Å². The first-order chi connectivity index (χ1) is 11.4. The van der Waals surface area contributed by atoms with Gasteiger partial charge in [-0.25, -0.2) is 8.42 Å². The average molecular weight is 348 g/mol. The molecule has 1 aromatic carbocycles. The summed E-state index contributed by atoms with van der Waals surface area (Å²) in [6.45, 7) is 4.20. The van der Waals surface area contributed by atoms with E-state index in [1.165, 1.54) is 4.90 Å². The van der Waals surface area contributed by atoms with Crippen LogP contribution in [0, 0.1) is 5.92 Å². The van der Waals surface area contributed by atoms with E-state index in [1.807, 2.05) is 44.2 Å². The van der Waals surface area contributed by atoms with Crippen molar-refractivity contribution in [3.8, 4) is 11.3 Å². The summed E-state index contributed by atoms with van der Waals surface area (Å²) in [5.74, 6) is 0.464. The van der Waals surface area contributed by atoms with Crippen molar-refractivity contribution >= 4 is 15.7 Å². The first-order valence-corrected chi connectivity index (χ1v) is 9.61. The SMILES string of the molecule is CC(C)CS(=O)(=O)C1CN(C(=O)c2cc(-c3ccccc3)on2)C1. The van der Waals surface area contributed by atoms with Gasteiger partial charge in [0, 0.05) is 24.7 Å². The van der Waals surface area contributed by atoms with Crippen LogP contribution in [0.5, 0.6) is 0 Å². The summed E-state index contributed by atoms with van der Waals surface area (Å²) < 4.78 is 29.5. The average Bonchev–Trinajstić information content (AvgIpc) is 2.94. The van der Waals surface area contributed by atoms with E-state index in [9.17, 15) is 13.2 Å². The van der Waals surface area contributed by atoms with Crippen molar-refractivity contribution in [3.63, 3.8) is 0 Å². The van der Waals surface area contributed by atoms with Crippen molar-refractivity contribution < 1.29 is 17.7 Å². The molecule has 1 fully saturated rings. The van der Waals surface area contributed by atoms with Crippen LogP contribution >= 0.6 is 0 Å². The van der Waals surface area contributed by atoms with E-state index in [2.05, 4.69) is 5.16 Å². The normalized spacial score (nSPS) is 15.5. The summed E-state index contributed by atoms with van der Waals surface area (Å²) in [6.07, 6.45) is 0. The predicted molar refractivity (Wildman–Crippen MR) is 90.3 cm³/mol. The van der Waals surface area contributed by atoms with Crippen molar-refractivity contribution in [2.75, 3.05) is 18.8 Å². The Morgan fingerprint density at radius 2 is 1.96 bits per heavy atom. The fourth-order valence-corrected chi connectivity index (χ4v) is 4.72. The molecule has 1 aliphatic rings. The summed E-state index contributed by atoms with van der Waals surface area (Å²) in [5.41, 5.74) is 1.04. The largest absolute Gasteiger partial charge is 0.355 e. The molecule has 7 heteroatoms. The minimum Gasteiger partial charge on any atom is -0.355 e. The van der Waals surface area contributed by atoms with Crippen LogP contribution in [-0.2, 0) is 9.84 Å². The molecule has 0 spiro atoms. The maximum Gasteiger partial charge on any atom is 0.276 e. The zero-order valence-corrected chi connectivity index (χ0v) is 14.5. The molecule has 1 aromatic heterocycles. The third-order valence-corrected chi connectivity index (χ3v) is 6.44. The topological polar surface area (TPSA) is 80.5 Å². The molecular weight excluding hydrogens is 328 g/mol. The molecular formula is C17H20N2O4S. The van der Waals surface area contributed by atoms with E-state index in [-0.39, 0.29) is 36.4 Å². The molecule has 1 saturated heterocycles. The Morgan fingerprint density at radius 1 is 1.29 bits per heavy atom. The molecule has 2 heterocycles. The van der Waals surface area contributed by atoms with Crippen molar-refractivity contribution in [3.05, 3.63) is 42.1 Å². The Kier molecular flexibility index (Phi) is 4.45. The zero-order chi connectivity index (χ0) is 17.3. The van der Waals surface area contributed by atoms with E-state index in [0.717, 1.165) is 5.56 Å². The van der Waals surface area contributed by atoms with Crippen LogP contribution in [0.25, 0.3) is 11.3 Å². The number of aromatic nitrogens is 1. The summed E-state index contributed by atoms with van der Waals surface area (Å²) in [7, 11) is -3.15. The molecule has 0 saturated carbocycles. The highest BCUT2D eigenvalue weighted by molar-refractivity contribution is 7.92. The molecule has 0 bridgehead atoms. The van der Waals surface area contributed by atoms with Gasteiger partial charge in [-0.15, -0.1) is 0 Å². The predicted octanol–water partition coefficient (Wildman–Crippen LogP) is 2.24. The van der Waals surface area contributed by atoms with E-state index < -0.39 is 15.1 Å². The second-order valence-corrected chi connectivity index (χ2v) is 8.82. The van der Waals surface area contributed by atoms with Crippen molar-refractivity contribution in [1.82, 2.24) is 10.1 Å². The quantitative estimate of drug-likeness (QED) is 0.828. The van der Waals surface area contributed by atoms with Crippen LogP contribution in [-0.4, -0.2) is 48.5 Å². The van der Waals surface area contributed by atoms with Gasteiger partial charge in [0.15, 0.2) is 21.3 Å². The number of carbonyl (C=O) groups excluding carboxylic acids is 1. The molecule has 1 aliphatic heterocycles. The van der Waals surface area contributed by atoms with Crippen LogP contribution in [0.2, 0.25) is 0 Å². The number of hydrogen-bond acceptors (Lipinski definition) is 5. The fourth-order valence-electron chi connectivity index (χ4n) is 2.71. The van der Waals surface area contributed by atoms with Gasteiger partial charge < -0.3 is 9.42 Å². The van der Waals surface area contributed by atoms with Crippen LogP contribution < -0.4 is 0 Å². The highest BCUT2D eigenvalue weighted by Gasteiger charge is 2.40. The maximum absolute atomic E-state index is 12.4. The standard InChI is InChI=1S/C17H20N2O4S/c1-12(2)11-24(21,22)14-9-19(10-14)17(20)15-8-16(23-18-15)13-6-4-3-5-7-13/h3-8,12,14H,9-11H2,1-2H3. The lowest BCUT2D eigenvalue weighted by atomic mass is 10.1. The van der Waals surface area contributed by atoms with Crippen LogP contribution in [0.3, 0.4) is 0 Å². The Labute approximate surface area is 141 Å². The molecule has 0 N–H and O–H groups in total. The smallest absolute Gasteiger partial charge is 0.276 e. The number of amides is 1. The van der Waals surface area contributed by atoms with Gasteiger partial charge >= 0.3 is 0 Å². The number of carbonyl (C=O) groups is 1.